The molecular formula is C14H14Cl2N2O. The van der Waals surface area contributed by atoms with Crippen LogP contribution >= 0.6 is 23.2 Å². The number of para-hydroxylation sites is 2. The molecule has 0 saturated heterocycles. The van der Waals surface area contributed by atoms with Gasteiger partial charge in [-0.2, -0.15) is 0 Å². The van der Waals surface area contributed by atoms with Crippen LogP contribution in [0.25, 0.3) is 0 Å². The molecule has 19 heavy (non-hydrogen) atoms. The van der Waals surface area contributed by atoms with Gasteiger partial charge in [-0.15, -0.1) is 0 Å². The number of anilines is 2. The van der Waals surface area contributed by atoms with Crippen molar-refractivity contribution in [2.75, 3.05) is 18.2 Å². The van der Waals surface area contributed by atoms with Gasteiger partial charge in [0.15, 0.2) is 5.75 Å². The highest BCUT2D eigenvalue weighted by Crippen LogP contribution is 2.34. The molecule has 0 bridgehead atoms. The number of nitrogen functional groups attached to an aromatic ring is 1. The summed E-state index contributed by atoms with van der Waals surface area (Å²) >= 11 is 12.2. The maximum absolute atomic E-state index is 6.09. The molecule has 2 rings (SSSR count). The maximum atomic E-state index is 6.09. The van der Waals surface area contributed by atoms with Crippen molar-refractivity contribution in [2.24, 2.45) is 0 Å². The van der Waals surface area contributed by atoms with Crippen LogP contribution in [-0.2, 0) is 6.54 Å². The zero-order chi connectivity index (χ0) is 13.8. The first-order valence-electron chi connectivity index (χ1n) is 5.72. The normalized spacial score (nSPS) is 10.3. The quantitative estimate of drug-likeness (QED) is 0.832. The number of nitrogens with two attached hydrogens (primary N) is 1. The van der Waals surface area contributed by atoms with E-state index in [1.807, 2.05) is 36.4 Å². The Morgan fingerprint density at radius 3 is 2.37 bits per heavy atom. The molecule has 0 aliphatic heterocycles. The molecule has 0 aliphatic rings. The molecule has 0 saturated carbocycles. The van der Waals surface area contributed by atoms with E-state index in [1.54, 1.807) is 0 Å². The molecule has 0 unspecified atom stereocenters. The Hall–Kier alpha value is -1.58. The predicted molar refractivity (Wildman–Crippen MR) is 81.2 cm³/mol. The number of nitrogens with one attached hydrogen (secondary N) is 1. The van der Waals surface area contributed by atoms with Crippen LogP contribution in [0.2, 0.25) is 10.0 Å². The first-order valence-corrected chi connectivity index (χ1v) is 6.47. The summed E-state index contributed by atoms with van der Waals surface area (Å²) in [4.78, 5) is 0. The van der Waals surface area contributed by atoms with Crippen molar-refractivity contribution in [1.29, 1.82) is 0 Å². The van der Waals surface area contributed by atoms with Crippen molar-refractivity contribution in [2.45, 2.75) is 6.54 Å². The summed E-state index contributed by atoms with van der Waals surface area (Å²) in [5.41, 5.74) is 8.40. The summed E-state index contributed by atoms with van der Waals surface area (Å²) in [6.45, 7) is 0.581. The fourth-order valence-electron chi connectivity index (χ4n) is 1.76. The highest BCUT2D eigenvalue weighted by molar-refractivity contribution is 6.37. The number of hydrogen-bond donors (Lipinski definition) is 2. The number of hydrogen-bond acceptors (Lipinski definition) is 3. The summed E-state index contributed by atoms with van der Waals surface area (Å²) < 4.78 is 5.11. The molecule has 2 aromatic rings. The molecule has 5 heteroatoms. The Labute approximate surface area is 122 Å². The van der Waals surface area contributed by atoms with E-state index in [-0.39, 0.29) is 0 Å². The lowest BCUT2D eigenvalue weighted by Crippen LogP contribution is -2.02. The van der Waals surface area contributed by atoms with Gasteiger partial charge < -0.3 is 15.8 Å². The van der Waals surface area contributed by atoms with E-state index in [0.717, 1.165) is 11.3 Å². The highest BCUT2D eigenvalue weighted by Gasteiger charge is 2.08. The fourth-order valence-corrected chi connectivity index (χ4v) is 2.45. The first kappa shape index (κ1) is 13.8. The van der Waals surface area contributed by atoms with Crippen molar-refractivity contribution < 1.29 is 4.74 Å². The average molecular weight is 297 g/mol. The lowest BCUT2D eigenvalue weighted by molar-refractivity contribution is 0.415. The van der Waals surface area contributed by atoms with Crippen LogP contribution in [0.15, 0.2) is 36.4 Å². The number of rotatable bonds is 4. The predicted octanol–water partition coefficient (Wildman–Crippen LogP) is 4.20. The number of halogens is 2. The van der Waals surface area contributed by atoms with Gasteiger partial charge in [-0.3, -0.25) is 0 Å². The Kier molecular flexibility index (Phi) is 4.40. The van der Waals surface area contributed by atoms with Crippen molar-refractivity contribution in [3.05, 3.63) is 52.0 Å². The Morgan fingerprint density at radius 1 is 1.16 bits per heavy atom. The van der Waals surface area contributed by atoms with Crippen LogP contribution in [0.4, 0.5) is 11.4 Å². The maximum Gasteiger partial charge on any atom is 0.156 e. The van der Waals surface area contributed by atoms with E-state index in [2.05, 4.69) is 5.32 Å². The van der Waals surface area contributed by atoms with Crippen LogP contribution in [0.5, 0.6) is 5.75 Å². The van der Waals surface area contributed by atoms with Crippen molar-refractivity contribution >= 4 is 34.6 Å². The zero-order valence-corrected chi connectivity index (χ0v) is 11.9. The average Bonchev–Trinajstić information content (AvgIpc) is 2.37. The fraction of sp³-hybridized carbons (Fsp3) is 0.143. The Balaban J connectivity index is 2.15. The van der Waals surface area contributed by atoms with E-state index in [0.29, 0.717) is 28.0 Å². The van der Waals surface area contributed by atoms with Gasteiger partial charge in [0, 0.05) is 6.54 Å². The molecule has 3 N–H and O–H groups in total. The largest absolute Gasteiger partial charge is 0.494 e. The summed E-state index contributed by atoms with van der Waals surface area (Å²) in [6.07, 6.45) is 0. The third-order valence-corrected chi connectivity index (χ3v) is 3.27. The topological polar surface area (TPSA) is 47.3 Å². The number of benzene rings is 2. The van der Waals surface area contributed by atoms with Gasteiger partial charge in [-0.05, 0) is 29.8 Å². The van der Waals surface area contributed by atoms with E-state index < -0.39 is 0 Å². The van der Waals surface area contributed by atoms with Gasteiger partial charge in [-0.1, -0.05) is 35.3 Å². The molecule has 0 aliphatic carbocycles. The van der Waals surface area contributed by atoms with Crippen LogP contribution in [0.1, 0.15) is 5.56 Å². The second-order valence-electron chi connectivity index (χ2n) is 4.03. The van der Waals surface area contributed by atoms with Gasteiger partial charge in [0.25, 0.3) is 0 Å². The molecule has 2 aromatic carbocycles. The monoisotopic (exact) mass is 296 g/mol. The minimum atomic E-state index is 0.492. The van der Waals surface area contributed by atoms with Crippen LogP contribution in [0, 0.1) is 0 Å². The van der Waals surface area contributed by atoms with Gasteiger partial charge in [-0.25, -0.2) is 0 Å². The van der Waals surface area contributed by atoms with Crippen molar-refractivity contribution in [3.63, 3.8) is 0 Å². The van der Waals surface area contributed by atoms with Gasteiger partial charge >= 0.3 is 0 Å². The van der Waals surface area contributed by atoms with Gasteiger partial charge in [0.2, 0.25) is 0 Å². The summed E-state index contributed by atoms with van der Waals surface area (Å²) in [6, 6.07) is 11.2. The van der Waals surface area contributed by atoms with Crippen LogP contribution in [-0.4, -0.2) is 7.11 Å². The van der Waals surface area contributed by atoms with Crippen molar-refractivity contribution in [1.82, 2.24) is 0 Å². The Bertz CT molecular complexity index is 564. The Morgan fingerprint density at radius 2 is 1.79 bits per heavy atom. The lowest BCUT2D eigenvalue weighted by Gasteiger charge is -2.11. The van der Waals surface area contributed by atoms with Crippen LogP contribution < -0.4 is 15.8 Å². The molecule has 0 radical (unpaired) electrons. The molecule has 0 fully saturated rings. The van der Waals surface area contributed by atoms with Crippen LogP contribution in [0.3, 0.4) is 0 Å². The second-order valence-corrected chi connectivity index (χ2v) is 4.85. The summed E-state index contributed by atoms with van der Waals surface area (Å²) in [7, 11) is 1.54. The molecular weight excluding hydrogens is 283 g/mol. The summed E-state index contributed by atoms with van der Waals surface area (Å²) in [5, 5.41) is 4.22. The SMILES string of the molecule is COc1c(Cl)cc(CNc2ccccc2N)cc1Cl. The van der Waals surface area contributed by atoms with E-state index >= 15 is 0 Å². The molecule has 0 spiro atoms. The van der Waals surface area contributed by atoms with Gasteiger partial charge in [0.05, 0.1) is 28.5 Å². The highest BCUT2D eigenvalue weighted by atomic mass is 35.5. The molecule has 0 heterocycles. The van der Waals surface area contributed by atoms with E-state index in [1.165, 1.54) is 7.11 Å². The third kappa shape index (κ3) is 3.25. The third-order valence-electron chi connectivity index (χ3n) is 2.71. The molecule has 3 nitrogen and oxygen atoms in total. The molecule has 0 aromatic heterocycles. The smallest absolute Gasteiger partial charge is 0.156 e. The molecule has 100 valence electrons. The minimum absolute atomic E-state index is 0.492. The van der Waals surface area contributed by atoms with E-state index in [9.17, 15) is 0 Å². The van der Waals surface area contributed by atoms with E-state index in [4.69, 9.17) is 33.7 Å². The van der Waals surface area contributed by atoms with Crippen molar-refractivity contribution in [3.8, 4) is 5.75 Å². The zero-order valence-electron chi connectivity index (χ0n) is 10.4. The lowest BCUT2D eigenvalue weighted by atomic mass is 10.2. The summed E-state index contributed by atoms with van der Waals surface area (Å²) in [5.74, 6) is 0.492. The molecule has 0 atom stereocenters. The minimum Gasteiger partial charge on any atom is -0.494 e. The second kappa shape index (κ2) is 6.04. The number of ether oxygens (including phenoxy) is 1. The molecule has 0 amide bonds. The standard InChI is InChI=1S/C14H14Cl2N2O/c1-19-14-10(15)6-9(7-11(14)16)8-18-13-5-3-2-4-12(13)17/h2-7,18H,8,17H2,1H3. The number of methoxy groups -OCH3 is 1. The van der Waals surface area contributed by atoms with Gasteiger partial charge in [0.1, 0.15) is 0 Å². The first-order chi connectivity index (χ1) is 9.11.